The van der Waals surface area contributed by atoms with Crippen molar-refractivity contribution in [3.8, 4) is 11.1 Å². The zero-order chi connectivity index (χ0) is 13.9. The van der Waals surface area contributed by atoms with Crippen LogP contribution in [0.1, 0.15) is 16.9 Å². The van der Waals surface area contributed by atoms with E-state index < -0.39 is 0 Å². The summed E-state index contributed by atoms with van der Waals surface area (Å²) in [6.45, 7) is 2.01. The third-order valence-electron chi connectivity index (χ3n) is 3.42. The fraction of sp³-hybridized carbons (Fsp3) is 0.111. The second kappa shape index (κ2) is 5.33. The minimum Gasteiger partial charge on any atom is -0.468 e. The molecular weight excluding hydrogens is 251 g/mol. The van der Waals surface area contributed by atoms with E-state index in [1.807, 2.05) is 43.3 Å². The highest BCUT2D eigenvalue weighted by Gasteiger charge is 2.14. The van der Waals surface area contributed by atoms with Gasteiger partial charge < -0.3 is 4.42 Å². The Hall–Kier alpha value is -2.35. The second-order valence-corrected chi connectivity index (χ2v) is 4.85. The van der Waals surface area contributed by atoms with Crippen LogP contribution in [0.2, 0.25) is 0 Å². The Balaban J connectivity index is 2.02. The first-order valence-corrected chi connectivity index (χ1v) is 6.61. The predicted molar refractivity (Wildman–Crippen MR) is 78.1 cm³/mol. The third kappa shape index (κ3) is 2.37. The Morgan fingerprint density at radius 2 is 1.65 bits per heavy atom. The lowest BCUT2D eigenvalue weighted by Crippen LogP contribution is -1.93. The van der Waals surface area contributed by atoms with Crippen molar-refractivity contribution in [1.82, 2.24) is 0 Å². The zero-order valence-electron chi connectivity index (χ0n) is 11.3. The van der Waals surface area contributed by atoms with Crippen LogP contribution in [0, 0.1) is 12.7 Å². The van der Waals surface area contributed by atoms with Gasteiger partial charge in [0.25, 0.3) is 0 Å². The van der Waals surface area contributed by atoms with Crippen molar-refractivity contribution < 1.29 is 8.81 Å². The normalized spacial score (nSPS) is 10.7. The second-order valence-electron chi connectivity index (χ2n) is 4.85. The fourth-order valence-electron chi connectivity index (χ4n) is 2.44. The average Bonchev–Trinajstić information content (AvgIpc) is 2.83. The van der Waals surface area contributed by atoms with E-state index in [0.29, 0.717) is 12.0 Å². The van der Waals surface area contributed by atoms with E-state index >= 15 is 0 Å². The molecule has 0 aliphatic rings. The first-order chi connectivity index (χ1) is 9.75. The van der Waals surface area contributed by atoms with Gasteiger partial charge in [-0.05, 0) is 29.7 Å². The number of hydrogen-bond acceptors (Lipinski definition) is 1. The fourth-order valence-corrected chi connectivity index (χ4v) is 2.44. The van der Waals surface area contributed by atoms with E-state index in [2.05, 4.69) is 0 Å². The van der Waals surface area contributed by atoms with Crippen LogP contribution in [-0.2, 0) is 6.42 Å². The molecule has 0 bridgehead atoms. The molecule has 0 amide bonds. The number of benzene rings is 2. The third-order valence-corrected chi connectivity index (χ3v) is 3.42. The van der Waals surface area contributed by atoms with Gasteiger partial charge in [0.1, 0.15) is 11.6 Å². The van der Waals surface area contributed by atoms with Crippen molar-refractivity contribution in [3.63, 3.8) is 0 Å². The molecule has 1 heterocycles. The standard InChI is InChI=1S/C18H15FO/c1-13-12-20-17(11-15-9-5-6-10-16(15)19)18(13)14-7-3-2-4-8-14/h2-10,12H,11H2,1H3. The molecule has 1 nitrogen and oxygen atoms in total. The zero-order valence-corrected chi connectivity index (χ0v) is 11.3. The first-order valence-electron chi connectivity index (χ1n) is 6.61. The van der Waals surface area contributed by atoms with Gasteiger partial charge >= 0.3 is 0 Å². The summed E-state index contributed by atoms with van der Waals surface area (Å²) in [5, 5.41) is 0. The number of rotatable bonds is 3. The highest BCUT2D eigenvalue weighted by atomic mass is 19.1. The monoisotopic (exact) mass is 266 g/mol. The first kappa shape index (κ1) is 12.7. The number of hydrogen-bond donors (Lipinski definition) is 0. The summed E-state index contributed by atoms with van der Waals surface area (Å²) in [6, 6.07) is 16.9. The lowest BCUT2D eigenvalue weighted by Gasteiger charge is -2.05. The van der Waals surface area contributed by atoms with E-state index in [0.717, 1.165) is 22.5 Å². The molecule has 0 aliphatic carbocycles. The average molecular weight is 266 g/mol. The molecule has 0 atom stereocenters. The number of furan rings is 1. The molecule has 2 heteroatoms. The highest BCUT2D eigenvalue weighted by molar-refractivity contribution is 5.69. The maximum Gasteiger partial charge on any atom is 0.126 e. The molecule has 1 aromatic heterocycles. The van der Waals surface area contributed by atoms with E-state index in [1.54, 1.807) is 18.4 Å². The molecule has 3 aromatic rings. The smallest absolute Gasteiger partial charge is 0.126 e. The molecule has 0 N–H and O–H groups in total. The summed E-state index contributed by atoms with van der Waals surface area (Å²) < 4.78 is 19.4. The Kier molecular flexibility index (Phi) is 3.38. The summed E-state index contributed by atoms with van der Waals surface area (Å²) in [5.74, 6) is 0.611. The number of aryl methyl sites for hydroxylation is 1. The summed E-state index contributed by atoms with van der Waals surface area (Å²) in [7, 11) is 0. The van der Waals surface area contributed by atoms with Crippen molar-refractivity contribution in [2.24, 2.45) is 0 Å². The van der Waals surface area contributed by atoms with Gasteiger partial charge in [0, 0.05) is 12.0 Å². The lowest BCUT2D eigenvalue weighted by molar-refractivity contribution is 0.514. The molecule has 0 spiro atoms. The predicted octanol–water partition coefficient (Wildman–Crippen LogP) is 4.98. The SMILES string of the molecule is Cc1coc(Cc2ccccc2F)c1-c1ccccc1. The molecule has 0 unspecified atom stereocenters. The van der Waals surface area contributed by atoms with E-state index in [4.69, 9.17) is 4.42 Å². The van der Waals surface area contributed by atoms with E-state index in [9.17, 15) is 4.39 Å². The van der Waals surface area contributed by atoms with Crippen LogP contribution in [0.15, 0.2) is 65.3 Å². The van der Waals surface area contributed by atoms with Crippen LogP contribution in [0.4, 0.5) is 4.39 Å². The Morgan fingerprint density at radius 3 is 2.40 bits per heavy atom. The molecule has 0 fully saturated rings. The Labute approximate surface area is 117 Å². The van der Waals surface area contributed by atoms with Crippen LogP contribution < -0.4 is 0 Å². The van der Waals surface area contributed by atoms with Crippen LogP contribution in [0.25, 0.3) is 11.1 Å². The van der Waals surface area contributed by atoms with Crippen LogP contribution >= 0.6 is 0 Å². The van der Waals surface area contributed by atoms with Crippen LogP contribution in [-0.4, -0.2) is 0 Å². The van der Waals surface area contributed by atoms with Crippen molar-refractivity contribution in [2.45, 2.75) is 13.3 Å². The lowest BCUT2D eigenvalue weighted by atomic mass is 9.99. The molecule has 20 heavy (non-hydrogen) atoms. The van der Waals surface area contributed by atoms with Crippen molar-refractivity contribution in [2.75, 3.05) is 0 Å². The summed E-state index contributed by atoms with van der Waals surface area (Å²) in [6.07, 6.45) is 2.20. The highest BCUT2D eigenvalue weighted by Crippen LogP contribution is 2.30. The molecule has 0 aliphatic heterocycles. The molecule has 0 saturated carbocycles. The minimum atomic E-state index is -0.194. The van der Waals surface area contributed by atoms with Gasteiger partial charge in [0.05, 0.1) is 6.26 Å². The Bertz CT molecular complexity index is 713. The van der Waals surface area contributed by atoms with Crippen molar-refractivity contribution >= 4 is 0 Å². The van der Waals surface area contributed by atoms with E-state index in [-0.39, 0.29) is 5.82 Å². The molecule has 100 valence electrons. The molecular formula is C18H15FO. The number of halogens is 1. The molecule has 2 aromatic carbocycles. The van der Waals surface area contributed by atoms with Crippen LogP contribution in [0.3, 0.4) is 0 Å². The molecule has 3 rings (SSSR count). The summed E-state index contributed by atoms with van der Waals surface area (Å²) in [4.78, 5) is 0. The van der Waals surface area contributed by atoms with Gasteiger partial charge in [0.2, 0.25) is 0 Å². The minimum absolute atomic E-state index is 0.194. The van der Waals surface area contributed by atoms with Crippen molar-refractivity contribution in [3.05, 3.63) is 83.6 Å². The van der Waals surface area contributed by atoms with Gasteiger partial charge in [-0.25, -0.2) is 4.39 Å². The van der Waals surface area contributed by atoms with Gasteiger partial charge in [-0.1, -0.05) is 48.5 Å². The van der Waals surface area contributed by atoms with Gasteiger partial charge in [0.15, 0.2) is 0 Å². The van der Waals surface area contributed by atoms with E-state index in [1.165, 1.54) is 6.07 Å². The summed E-state index contributed by atoms with van der Waals surface area (Å²) >= 11 is 0. The van der Waals surface area contributed by atoms with Crippen LogP contribution in [0.5, 0.6) is 0 Å². The summed E-state index contributed by atoms with van der Waals surface area (Å²) in [5.41, 5.74) is 3.89. The molecule has 0 radical (unpaired) electrons. The van der Waals surface area contributed by atoms with Gasteiger partial charge in [-0.2, -0.15) is 0 Å². The maximum atomic E-state index is 13.8. The Morgan fingerprint density at radius 1 is 0.950 bits per heavy atom. The van der Waals surface area contributed by atoms with Crippen molar-refractivity contribution in [1.29, 1.82) is 0 Å². The largest absolute Gasteiger partial charge is 0.468 e. The van der Waals surface area contributed by atoms with Gasteiger partial charge in [-0.3, -0.25) is 0 Å². The molecule has 0 saturated heterocycles. The van der Waals surface area contributed by atoms with Gasteiger partial charge in [-0.15, -0.1) is 0 Å². The topological polar surface area (TPSA) is 13.1 Å². The quantitative estimate of drug-likeness (QED) is 0.651. The maximum absolute atomic E-state index is 13.8.